The third-order valence-electron chi connectivity index (χ3n) is 3.18. The zero-order valence-electron chi connectivity index (χ0n) is 10.5. The standard InChI is InChI=1S/C16H19N/c1-3-15-7-4-14(10-12(15)2)11-13-5-8-16(17)9-6-13/h4-10H,3,11,17H2,1-2H3. The topological polar surface area (TPSA) is 26.0 Å². The lowest BCUT2D eigenvalue weighted by molar-refractivity contribution is 1.09. The van der Waals surface area contributed by atoms with Crippen LogP contribution in [0.25, 0.3) is 0 Å². The Labute approximate surface area is 103 Å². The van der Waals surface area contributed by atoms with Gasteiger partial charge in [-0.25, -0.2) is 0 Å². The Morgan fingerprint density at radius 3 is 2.18 bits per heavy atom. The van der Waals surface area contributed by atoms with Gasteiger partial charge in [0.1, 0.15) is 0 Å². The Balaban J connectivity index is 2.19. The number of hydrogen-bond donors (Lipinski definition) is 1. The molecule has 0 aliphatic carbocycles. The van der Waals surface area contributed by atoms with Crippen LogP contribution in [0.3, 0.4) is 0 Å². The molecule has 0 aliphatic rings. The number of rotatable bonds is 3. The molecule has 0 aliphatic heterocycles. The molecular weight excluding hydrogens is 206 g/mol. The highest BCUT2D eigenvalue weighted by molar-refractivity contribution is 5.41. The van der Waals surface area contributed by atoms with Crippen LogP contribution in [-0.2, 0) is 12.8 Å². The molecule has 0 atom stereocenters. The van der Waals surface area contributed by atoms with Gasteiger partial charge < -0.3 is 5.73 Å². The van der Waals surface area contributed by atoms with Crippen molar-refractivity contribution in [1.29, 1.82) is 0 Å². The van der Waals surface area contributed by atoms with Gasteiger partial charge in [0.15, 0.2) is 0 Å². The summed E-state index contributed by atoms with van der Waals surface area (Å²) >= 11 is 0. The van der Waals surface area contributed by atoms with Crippen LogP contribution in [0.5, 0.6) is 0 Å². The smallest absolute Gasteiger partial charge is 0.0314 e. The Hall–Kier alpha value is -1.76. The minimum atomic E-state index is 0.825. The zero-order chi connectivity index (χ0) is 12.3. The summed E-state index contributed by atoms with van der Waals surface area (Å²) < 4.78 is 0. The summed E-state index contributed by atoms with van der Waals surface area (Å²) in [5, 5.41) is 0. The summed E-state index contributed by atoms with van der Waals surface area (Å²) in [6.45, 7) is 4.38. The van der Waals surface area contributed by atoms with Gasteiger partial charge in [-0.2, -0.15) is 0 Å². The highest BCUT2D eigenvalue weighted by atomic mass is 14.5. The van der Waals surface area contributed by atoms with Crippen molar-refractivity contribution < 1.29 is 0 Å². The van der Waals surface area contributed by atoms with E-state index in [1.54, 1.807) is 0 Å². The molecule has 1 nitrogen and oxygen atoms in total. The van der Waals surface area contributed by atoms with Crippen LogP contribution >= 0.6 is 0 Å². The van der Waals surface area contributed by atoms with Crippen molar-refractivity contribution in [3.8, 4) is 0 Å². The first-order valence-corrected chi connectivity index (χ1v) is 6.12. The van der Waals surface area contributed by atoms with Crippen LogP contribution in [0.15, 0.2) is 42.5 Å². The summed E-state index contributed by atoms with van der Waals surface area (Å²) in [6.07, 6.45) is 2.08. The summed E-state index contributed by atoms with van der Waals surface area (Å²) in [5.41, 5.74) is 12.0. The number of nitrogens with two attached hydrogens (primary N) is 1. The molecule has 0 amide bonds. The van der Waals surface area contributed by atoms with Gasteiger partial charge in [-0.3, -0.25) is 0 Å². The normalized spacial score (nSPS) is 10.5. The second kappa shape index (κ2) is 5.05. The zero-order valence-corrected chi connectivity index (χ0v) is 10.5. The van der Waals surface area contributed by atoms with Gasteiger partial charge >= 0.3 is 0 Å². The minimum absolute atomic E-state index is 0.825. The van der Waals surface area contributed by atoms with E-state index in [1.807, 2.05) is 12.1 Å². The van der Waals surface area contributed by atoms with Gasteiger partial charge in [0.25, 0.3) is 0 Å². The predicted octanol–water partition coefficient (Wildman–Crippen LogP) is 3.73. The summed E-state index contributed by atoms with van der Waals surface area (Å²) in [4.78, 5) is 0. The van der Waals surface area contributed by atoms with Crippen LogP contribution in [-0.4, -0.2) is 0 Å². The van der Waals surface area contributed by atoms with E-state index in [4.69, 9.17) is 5.73 Å². The molecular formula is C16H19N. The molecule has 0 saturated carbocycles. The summed E-state index contributed by atoms with van der Waals surface area (Å²) in [6, 6.07) is 14.9. The summed E-state index contributed by atoms with van der Waals surface area (Å²) in [7, 11) is 0. The van der Waals surface area contributed by atoms with Crippen molar-refractivity contribution in [2.75, 3.05) is 5.73 Å². The molecule has 0 saturated heterocycles. The number of hydrogen-bond acceptors (Lipinski definition) is 1. The quantitative estimate of drug-likeness (QED) is 0.791. The van der Waals surface area contributed by atoms with Crippen LogP contribution in [0.1, 0.15) is 29.2 Å². The van der Waals surface area contributed by atoms with E-state index in [0.29, 0.717) is 0 Å². The lowest BCUT2D eigenvalue weighted by Gasteiger charge is -2.07. The van der Waals surface area contributed by atoms with Crippen LogP contribution in [0.2, 0.25) is 0 Å². The molecule has 88 valence electrons. The van der Waals surface area contributed by atoms with Crippen molar-refractivity contribution in [2.24, 2.45) is 0 Å². The lowest BCUT2D eigenvalue weighted by Crippen LogP contribution is -1.93. The highest BCUT2D eigenvalue weighted by Gasteiger charge is 2.00. The first-order chi connectivity index (χ1) is 8.19. The molecule has 2 aromatic carbocycles. The summed E-state index contributed by atoms with van der Waals surface area (Å²) in [5.74, 6) is 0. The van der Waals surface area contributed by atoms with Crippen molar-refractivity contribution in [3.05, 3.63) is 64.7 Å². The molecule has 0 fully saturated rings. The van der Waals surface area contributed by atoms with Crippen molar-refractivity contribution in [1.82, 2.24) is 0 Å². The second-order valence-electron chi connectivity index (χ2n) is 4.53. The van der Waals surface area contributed by atoms with Gasteiger partial charge in [0, 0.05) is 5.69 Å². The van der Waals surface area contributed by atoms with E-state index in [-0.39, 0.29) is 0 Å². The molecule has 17 heavy (non-hydrogen) atoms. The molecule has 2 rings (SSSR count). The first-order valence-electron chi connectivity index (χ1n) is 6.12. The minimum Gasteiger partial charge on any atom is -0.399 e. The average Bonchev–Trinajstić information content (AvgIpc) is 2.32. The van der Waals surface area contributed by atoms with Crippen LogP contribution in [0, 0.1) is 6.92 Å². The third kappa shape index (κ3) is 2.88. The highest BCUT2D eigenvalue weighted by Crippen LogP contribution is 2.16. The molecule has 1 heteroatoms. The largest absolute Gasteiger partial charge is 0.399 e. The maximum atomic E-state index is 5.68. The Morgan fingerprint density at radius 1 is 0.941 bits per heavy atom. The maximum Gasteiger partial charge on any atom is 0.0314 e. The molecule has 0 radical (unpaired) electrons. The van der Waals surface area contributed by atoms with Crippen LogP contribution in [0.4, 0.5) is 5.69 Å². The van der Waals surface area contributed by atoms with E-state index in [1.165, 1.54) is 22.3 Å². The molecule has 0 bridgehead atoms. The monoisotopic (exact) mass is 225 g/mol. The van der Waals surface area contributed by atoms with E-state index in [0.717, 1.165) is 18.5 Å². The van der Waals surface area contributed by atoms with Gasteiger partial charge in [-0.15, -0.1) is 0 Å². The predicted molar refractivity (Wildman–Crippen MR) is 74.2 cm³/mol. The second-order valence-corrected chi connectivity index (χ2v) is 4.53. The van der Waals surface area contributed by atoms with E-state index >= 15 is 0 Å². The molecule has 0 spiro atoms. The van der Waals surface area contributed by atoms with Crippen molar-refractivity contribution >= 4 is 5.69 Å². The average molecular weight is 225 g/mol. The van der Waals surface area contributed by atoms with Gasteiger partial charge in [0.05, 0.1) is 0 Å². The number of benzene rings is 2. The number of aryl methyl sites for hydroxylation is 2. The van der Waals surface area contributed by atoms with Crippen molar-refractivity contribution in [3.63, 3.8) is 0 Å². The van der Waals surface area contributed by atoms with E-state index in [9.17, 15) is 0 Å². The van der Waals surface area contributed by atoms with Gasteiger partial charge in [0.2, 0.25) is 0 Å². The fourth-order valence-corrected chi connectivity index (χ4v) is 2.14. The SMILES string of the molecule is CCc1ccc(Cc2ccc(N)cc2)cc1C. The van der Waals surface area contributed by atoms with E-state index < -0.39 is 0 Å². The third-order valence-corrected chi connectivity index (χ3v) is 3.18. The Kier molecular flexibility index (Phi) is 3.48. The van der Waals surface area contributed by atoms with Gasteiger partial charge in [-0.05, 0) is 54.2 Å². The number of anilines is 1. The molecule has 0 unspecified atom stereocenters. The fourth-order valence-electron chi connectivity index (χ4n) is 2.14. The molecule has 2 aromatic rings. The van der Waals surface area contributed by atoms with Crippen LogP contribution < -0.4 is 5.73 Å². The Bertz CT molecular complexity index is 497. The van der Waals surface area contributed by atoms with Crippen molar-refractivity contribution in [2.45, 2.75) is 26.7 Å². The number of nitrogen functional groups attached to an aromatic ring is 1. The maximum absolute atomic E-state index is 5.68. The molecule has 0 heterocycles. The molecule has 0 aromatic heterocycles. The van der Waals surface area contributed by atoms with E-state index in [2.05, 4.69) is 44.2 Å². The molecule has 2 N–H and O–H groups in total. The fraction of sp³-hybridized carbons (Fsp3) is 0.250. The Morgan fingerprint density at radius 2 is 1.59 bits per heavy atom. The first kappa shape index (κ1) is 11.7. The van der Waals surface area contributed by atoms with Gasteiger partial charge in [-0.1, -0.05) is 37.3 Å². The lowest BCUT2D eigenvalue weighted by atomic mass is 9.99.